The molecule has 0 aromatic heterocycles. The van der Waals surface area contributed by atoms with Crippen molar-refractivity contribution < 1.29 is 13.9 Å². The number of rotatable bonds is 8. The lowest BCUT2D eigenvalue weighted by Crippen LogP contribution is -2.15. The molecule has 2 rings (SSSR count). The maximum absolute atomic E-state index is 13.1. The molecule has 2 aromatic carbocycles. The fraction of sp³-hybridized carbons (Fsp3) is 0.400. The molecular weight excluding hydrogens is 305 g/mol. The van der Waals surface area contributed by atoms with Gasteiger partial charge in [0.25, 0.3) is 0 Å². The molecule has 2 aromatic rings. The van der Waals surface area contributed by atoms with Crippen molar-refractivity contribution >= 4 is 0 Å². The molecular formula is C20H26FNO2. The summed E-state index contributed by atoms with van der Waals surface area (Å²) in [7, 11) is 1.64. The molecule has 0 bridgehead atoms. The lowest BCUT2D eigenvalue weighted by molar-refractivity contribution is 0.256. The number of benzene rings is 2. The van der Waals surface area contributed by atoms with Crippen LogP contribution in [-0.2, 0) is 6.42 Å². The Kier molecular flexibility index (Phi) is 6.62. The van der Waals surface area contributed by atoms with E-state index in [4.69, 9.17) is 15.2 Å². The summed E-state index contributed by atoms with van der Waals surface area (Å²) in [6.45, 7) is 5.36. The smallest absolute Gasteiger partial charge is 0.161 e. The van der Waals surface area contributed by atoms with E-state index in [1.165, 1.54) is 12.1 Å². The first-order chi connectivity index (χ1) is 11.5. The normalized spacial score (nSPS) is 12.2. The van der Waals surface area contributed by atoms with Gasteiger partial charge in [-0.25, -0.2) is 4.39 Å². The number of hydrogen-bond donors (Lipinski definition) is 1. The first-order valence-electron chi connectivity index (χ1n) is 8.28. The van der Waals surface area contributed by atoms with Gasteiger partial charge in [0, 0.05) is 5.92 Å². The highest BCUT2D eigenvalue weighted by Crippen LogP contribution is 2.30. The zero-order valence-corrected chi connectivity index (χ0v) is 14.6. The topological polar surface area (TPSA) is 44.5 Å². The van der Waals surface area contributed by atoms with Gasteiger partial charge in [0.1, 0.15) is 5.82 Å². The molecule has 3 nitrogen and oxygen atoms in total. The second-order valence-corrected chi connectivity index (χ2v) is 6.38. The fourth-order valence-electron chi connectivity index (χ4n) is 2.57. The van der Waals surface area contributed by atoms with Crippen LogP contribution in [0.1, 0.15) is 30.9 Å². The molecule has 4 heteroatoms. The van der Waals surface area contributed by atoms with Crippen LogP contribution in [0, 0.1) is 11.7 Å². The van der Waals surface area contributed by atoms with E-state index in [-0.39, 0.29) is 11.7 Å². The molecule has 0 aliphatic rings. The van der Waals surface area contributed by atoms with Gasteiger partial charge in [-0.2, -0.15) is 0 Å². The highest BCUT2D eigenvalue weighted by Gasteiger charge is 2.13. The molecule has 24 heavy (non-hydrogen) atoms. The maximum atomic E-state index is 13.1. The van der Waals surface area contributed by atoms with Crippen LogP contribution in [-0.4, -0.2) is 20.3 Å². The molecule has 0 radical (unpaired) electrons. The summed E-state index contributed by atoms with van der Waals surface area (Å²) in [5.41, 5.74) is 8.08. The molecule has 0 aliphatic heterocycles. The molecule has 0 saturated carbocycles. The summed E-state index contributed by atoms with van der Waals surface area (Å²) in [6, 6.07) is 12.5. The van der Waals surface area contributed by atoms with Gasteiger partial charge in [-0.15, -0.1) is 0 Å². The summed E-state index contributed by atoms with van der Waals surface area (Å²) < 4.78 is 24.3. The van der Waals surface area contributed by atoms with E-state index in [2.05, 4.69) is 13.8 Å². The molecule has 130 valence electrons. The van der Waals surface area contributed by atoms with E-state index >= 15 is 0 Å². The molecule has 0 amide bonds. The van der Waals surface area contributed by atoms with Gasteiger partial charge in [-0.05, 0) is 54.3 Å². The predicted octanol–water partition coefficient (Wildman–Crippen LogP) is 4.15. The van der Waals surface area contributed by atoms with E-state index in [1.807, 2.05) is 18.2 Å². The Morgan fingerprint density at radius 3 is 2.33 bits per heavy atom. The van der Waals surface area contributed by atoms with E-state index in [0.717, 1.165) is 29.0 Å². The number of hydrogen-bond acceptors (Lipinski definition) is 3. The van der Waals surface area contributed by atoms with Crippen LogP contribution in [0.3, 0.4) is 0 Å². The van der Waals surface area contributed by atoms with Crippen LogP contribution in [0.4, 0.5) is 4.39 Å². The number of nitrogens with two attached hydrogens (primary N) is 1. The number of halogens is 1. The van der Waals surface area contributed by atoms with E-state index < -0.39 is 0 Å². The third kappa shape index (κ3) is 4.96. The Hall–Kier alpha value is -2.07. The van der Waals surface area contributed by atoms with Crippen molar-refractivity contribution in [1.82, 2.24) is 0 Å². The maximum Gasteiger partial charge on any atom is 0.161 e. The quantitative estimate of drug-likeness (QED) is 0.790. The number of methoxy groups -OCH3 is 1. The summed E-state index contributed by atoms with van der Waals surface area (Å²) in [6.07, 6.45) is 0.767. The van der Waals surface area contributed by atoms with Crippen LogP contribution in [0.25, 0.3) is 0 Å². The average Bonchev–Trinajstić information content (AvgIpc) is 2.59. The zero-order valence-electron chi connectivity index (χ0n) is 14.6. The first kappa shape index (κ1) is 18.3. The summed E-state index contributed by atoms with van der Waals surface area (Å²) in [4.78, 5) is 0. The summed E-state index contributed by atoms with van der Waals surface area (Å²) >= 11 is 0. The van der Waals surface area contributed by atoms with Crippen molar-refractivity contribution in [3.8, 4) is 11.5 Å². The first-order valence-corrected chi connectivity index (χ1v) is 8.28. The highest BCUT2D eigenvalue weighted by molar-refractivity contribution is 5.43. The van der Waals surface area contributed by atoms with E-state index in [1.54, 1.807) is 19.2 Å². The second-order valence-electron chi connectivity index (χ2n) is 6.38. The molecule has 1 atom stereocenters. The minimum absolute atomic E-state index is 0.137. The standard InChI is InChI=1S/C20H26FNO2/c1-14(2)13-24-19-9-4-15(11-20(19)23-3)10-17(12-22)16-5-7-18(21)8-6-16/h4-9,11,14,17H,10,12-13,22H2,1-3H3. The van der Waals surface area contributed by atoms with Crippen molar-refractivity contribution in [1.29, 1.82) is 0 Å². The van der Waals surface area contributed by atoms with Gasteiger partial charge in [0.2, 0.25) is 0 Å². The Bertz CT molecular complexity index is 641. The second kappa shape index (κ2) is 8.69. The zero-order chi connectivity index (χ0) is 17.5. The summed E-state index contributed by atoms with van der Waals surface area (Å²) in [5, 5.41) is 0. The molecule has 0 saturated heterocycles. The van der Waals surface area contributed by atoms with Crippen LogP contribution in [0.15, 0.2) is 42.5 Å². The Morgan fingerprint density at radius 2 is 1.75 bits per heavy atom. The predicted molar refractivity (Wildman–Crippen MR) is 95.2 cm³/mol. The summed E-state index contributed by atoms with van der Waals surface area (Å²) in [5.74, 6) is 1.83. The molecule has 0 heterocycles. The highest BCUT2D eigenvalue weighted by atomic mass is 19.1. The van der Waals surface area contributed by atoms with Crippen molar-refractivity contribution in [2.45, 2.75) is 26.2 Å². The Balaban J connectivity index is 2.14. The Morgan fingerprint density at radius 1 is 1.04 bits per heavy atom. The monoisotopic (exact) mass is 331 g/mol. The van der Waals surface area contributed by atoms with E-state index in [9.17, 15) is 4.39 Å². The molecule has 0 aliphatic carbocycles. The lowest BCUT2D eigenvalue weighted by atomic mass is 9.92. The van der Waals surface area contributed by atoms with Gasteiger partial charge in [0.15, 0.2) is 11.5 Å². The molecule has 0 spiro atoms. The van der Waals surface area contributed by atoms with Crippen LogP contribution in [0.2, 0.25) is 0 Å². The minimum atomic E-state index is -0.233. The van der Waals surface area contributed by atoms with Crippen molar-refractivity contribution in [3.05, 3.63) is 59.4 Å². The van der Waals surface area contributed by atoms with Gasteiger partial charge in [0.05, 0.1) is 13.7 Å². The van der Waals surface area contributed by atoms with Crippen molar-refractivity contribution in [2.24, 2.45) is 11.7 Å². The van der Waals surface area contributed by atoms with Crippen LogP contribution < -0.4 is 15.2 Å². The average molecular weight is 331 g/mol. The number of ether oxygens (including phenoxy) is 2. The van der Waals surface area contributed by atoms with Gasteiger partial charge < -0.3 is 15.2 Å². The SMILES string of the molecule is COc1cc(CC(CN)c2ccc(F)cc2)ccc1OCC(C)C. The van der Waals surface area contributed by atoms with Gasteiger partial charge in [-0.3, -0.25) is 0 Å². The Labute approximate surface area is 143 Å². The minimum Gasteiger partial charge on any atom is -0.493 e. The largest absolute Gasteiger partial charge is 0.493 e. The molecule has 0 fully saturated rings. The van der Waals surface area contributed by atoms with Crippen molar-refractivity contribution in [3.63, 3.8) is 0 Å². The fourth-order valence-corrected chi connectivity index (χ4v) is 2.57. The van der Waals surface area contributed by atoms with Crippen molar-refractivity contribution in [2.75, 3.05) is 20.3 Å². The third-order valence-electron chi connectivity index (χ3n) is 3.91. The molecule has 2 N–H and O–H groups in total. The van der Waals surface area contributed by atoms with Crippen LogP contribution >= 0.6 is 0 Å². The lowest BCUT2D eigenvalue weighted by Gasteiger charge is -2.17. The molecule has 1 unspecified atom stereocenters. The van der Waals surface area contributed by atoms with Gasteiger partial charge in [-0.1, -0.05) is 32.0 Å². The van der Waals surface area contributed by atoms with E-state index in [0.29, 0.717) is 19.1 Å². The third-order valence-corrected chi connectivity index (χ3v) is 3.91. The van der Waals surface area contributed by atoms with Crippen LogP contribution in [0.5, 0.6) is 11.5 Å². The van der Waals surface area contributed by atoms with Gasteiger partial charge >= 0.3 is 0 Å².